The third-order valence-electron chi connectivity index (χ3n) is 2.44. The number of nitrogens with one attached hydrogen (secondary N) is 1. The Bertz CT molecular complexity index is 509. The minimum atomic E-state index is -0.0759. The number of rotatable bonds is 3. The van der Waals surface area contributed by atoms with Gasteiger partial charge in [-0.25, -0.2) is 0 Å². The van der Waals surface area contributed by atoms with Crippen LogP contribution in [0.15, 0.2) is 54.6 Å². The molecule has 0 aliphatic carbocycles. The minimum absolute atomic E-state index is 0.0759. The van der Waals surface area contributed by atoms with Gasteiger partial charge in [-0.2, -0.15) is 0 Å². The first-order valence-electron chi connectivity index (χ1n) is 5.43. The maximum absolute atomic E-state index is 11.8. The van der Waals surface area contributed by atoms with Crippen LogP contribution in [-0.2, 0) is 6.54 Å². The second kappa shape index (κ2) is 5.16. The van der Waals surface area contributed by atoms with Crippen LogP contribution < -0.4 is 11.1 Å². The van der Waals surface area contributed by atoms with E-state index in [0.29, 0.717) is 17.8 Å². The third-order valence-corrected chi connectivity index (χ3v) is 2.44. The Morgan fingerprint density at radius 2 is 1.82 bits per heavy atom. The predicted octanol–water partition coefficient (Wildman–Crippen LogP) is 2.20. The van der Waals surface area contributed by atoms with Gasteiger partial charge in [0.2, 0.25) is 0 Å². The van der Waals surface area contributed by atoms with Gasteiger partial charge in [0.25, 0.3) is 5.91 Å². The van der Waals surface area contributed by atoms with E-state index in [4.69, 9.17) is 5.73 Å². The molecule has 0 fully saturated rings. The Labute approximate surface area is 100 Å². The maximum atomic E-state index is 11.8. The van der Waals surface area contributed by atoms with Crippen molar-refractivity contribution in [3.8, 4) is 0 Å². The summed E-state index contributed by atoms with van der Waals surface area (Å²) in [4.78, 5) is 11.8. The van der Waals surface area contributed by atoms with Crippen LogP contribution in [0.3, 0.4) is 0 Å². The maximum Gasteiger partial charge on any atom is 0.251 e. The molecule has 3 heteroatoms. The summed E-state index contributed by atoms with van der Waals surface area (Å²) in [6.07, 6.45) is 0. The smallest absolute Gasteiger partial charge is 0.251 e. The number of amides is 1. The number of nitrogen functional groups attached to an aromatic ring is 1. The molecule has 0 heterocycles. The van der Waals surface area contributed by atoms with Crippen LogP contribution in [0.25, 0.3) is 0 Å². The Morgan fingerprint density at radius 1 is 1.06 bits per heavy atom. The van der Waals surface area contributed by atoms with E-state index in [1.165, 1.54) is 0 Å². The second-order valence-electron chi connectivity index (χ2n) is 3.79. The fraction of sp³-hybridized carbons (Fsp3) is 0.0714. The summed E-state index contributed by atoms with van der Waals surface area (Å²) in [5.74, 6) is -0.0759. The average Bonchev–Trinajstić information content (AvgIpc) is 2.37. The summed E-state index contributed by atoms with van der Waals surface area (Å²) >= 11 is 0. The molecule has 0 aliphatic rings. The van der Waals surface area contributed by atoms with Crippen LogP contribution >= 0.6 is 0 Å². The largest absolute Gasteiger partial charge is 0.399 e. The average molecular weight is 226 g/mol. The zero-order valence-corrected chi connectivity index (χ0v) is 9.39. The van der Waals surface area contributed by atoms with Gasteiger partial charge in [0.1, 0.15) is 0 Å². The lowest BCUT2D eigenvalue weighted by Crippen LogP contribution is -2.22. The number of nitrogens with two attached hydrogens (primary N) is 1. The Hall–Kier alpha value is -2.29. The van der Waals surface area contributed by atoms with Crippen molar-refractivity contribution in [1.29, 1.82) is 0 Å². The first kappa shape index (κ1) is 11.2. The monoisotopic (exact) mass is 226 g/mol. The molecular formula is C14H14N2O. The molecule has 0 unspecified atom stereocenters. The fourth-order valence-corrected chi connectivity index (χ4v) is 1.58. The molecule has 0 saturated heterocycles. The highest BCUT2D eigenvalue weighted by Gasteiger charge is 2.03. The first-order valence-corrected chi connectivity index (χ1v) is 5.43. The standard InChI is InChI=1S/C14H14N2O/c15-13-8-4-5-11(9-13)10-16-14(17)12-6-2-1-3-7-12/h1-9H,10,15H2,(H,16,17). The molecule has 3 nitrogen and oxygen atoms in total. The molecule has 0 spiro atoms. The molecule has 2 rings (SSSR count). The lowest BCUT2D eigenvalue weighted by Gasteiger charge is -2.05. The lowest BCUT2D eigenvalue weighted by atomic mass is 10.2. The Morgan fingerprint density at radius 3 is 2.53 bits per heavy atom. The van der Waals surface area contributed by atoms with Crippen molar-refractivity contribution in [2.45, 2.75) is 6.54 Å². The minimum Gasteiger partial charge on any atom is -0.399 e. The van der Waals surface area contributed by atoms with Crippen LogP contribution in [-0.4, -0.2) is 5.91 Å². The lowest BCUT2D eigenvalue weighted by molar-refractivity contribution is 0.0951. The van der Waals surface area contributed by atoms with Crippen LogP contribution in [0.1, 0.15) is 15.9 Å². The number of benzene rings is 2. The van der Waals surface area contributed by atoms with E-state index in [-0.39, 0.29) is 5.91 Å². The molecule has 3 N–H and O–H groups in total. The Balaban J connectivity index is 1.97. The summed E-state index contributed by atoms with van der Waals surface area (Å²) in [7, 11) is 0. The van der Waals surface area contributed by atoms with Crippen molar-refractivity contribution >= 4 is 11.6 Å². The van der Waals surface area contributed by atoms with Gasteiger partial charge in [-0.1, -0.05) is 30.3 Å². The highest BCUT2D eigenvalue weighted by Crippen LogP contribution is 2.06. The molecule has 0 aliphatic heterocycles. The SMILES string of the molecule is Nc1cccc(CNC(=O)c2ccccc2)c1. The van der Waals surface area contributed by atoms with Crippen molar-refractivity contribution in [3.05, 3.63) is 65.7 Å². The van der Waals surface area contributed by atoms with Gasteiger partial charge in [-0.3, -0.25) is 4.79 Å². The first-order chi connectivity index (χ1) is 8.25. The van der Waals surface area contributed by atoms with Crippen molar-refractivity contribution in [2.24, 2.45) is 0 Å². The van der Waals surface area contributed by atoms with Crippen LogP contribution in [0.2, 0.25) is 0 Å². The highest BCUT2D eigenvalue weighted by atomic mass is 16.1. The topological polar surface area (TPSA) is 55.1 Å². The number of hydrogen-bond acceptors (Lipinski definition) is 2. The van der Waals surface area contributed by atoms with Gasteiger partial charge in [0, 0.05) is 17.8 Å². The van der Waals surface area contributed by atoms with Gasteiger partial charge in [-0.05, 0) is 29.8 Å². The number of hydrogen-bond donors (Lipinski definition) is 2. The zero-order chi connectivity index (χ0) is 12.1. The molecule has 17 heavy (non-hydrogen) atoms. The normalized spacial score (nSPS) is 9.88. The van der Waals surface area contributed by atoms with Gasteiger partial charge in [0.15, 0.2) is 0 Å². The van der Waals surface area contributed by atoms with E-state index < -0.39 is 0 Å². The highest BCUT2D eigenvalue weighted by molar-refractivity contribution is 5.94. The van der Waals surface area contributed by atoms with Gasteiger partial charge < -0.3 is 11.1 Å². The van der Waals surface area contributed by atoms with Crippen LogP contribution in [0.4, 0.5) is 5.69 Å². The van der Waals surface area contributed by atoms with E-state index in [2.05, 4.69) is 5.32 Å². The summed E-state index contributed by atoms with van der Waals surface area (Å²) < 4.78 is 0. The number of carbonyl (C=O) groups excluding carboxylic acids is 1. The van der Waals surface area contributed by atoms with E-state index in [1.54, 1.807) is 12.1 Å². The van der Waals surface area contributed by atoms with Gasteiger partial charge >= 0.3 is 0 Å². The van der Waals surface area contributed by atoms with Gasteiger partial charge in [-0.15, -0.1) is 0 Å². The molecule has 0 atom stereocenters. The molecule has 0 aromatic heterocycles. The third kappa shape index (κ3) is 3.08. The van der Waals surface area contributed by atoms with Crippen LogP contribution in [0.5, 0.6) is 0 Å². The molecule has 86 valence electrons. The second-order valence-corrected chi connectivity index (χ2v) is 3.79. The van der Waals surface area contributed by atoms with E-state index in [9.17, 15) is 4.79 Å². The van der Waals surface area contributed by atoms with E-state index in [1.807, 2.05) is 42.5 Å². The molecule has 1 amide bonds. The van der Waals surface area contributed by atoms with Gasteiger partial charge in [0.05, 0.1) is 0 Å². The number of anilines is 1. The molecule has 2 aromatic rings. The van der Waals surface area contributed by atoms with Crippen molar-refractivity contribution < 1.29 is 4.79 Å². The Kier molecular flexibility index (Phi) is 3.40. The summed E-state index contributed by atoms with van der Waals surface area (Å²) in [6, 6.07) is 16.6. The predicted molar refractivity (Wildman–Crippen MR) is 68.5 cm³/mol. The van der Waals surface area contributed by atoms with Crippen LogP contribution in [0, 0.1) is 0 Å². The fourth-order valence-electron chi connectivity index (χ4n) is 1.58. The molecule has 2 aromatic carbocycles. The van der Waals surface area contributed by atoms with Crippen molar-refractivity contribution in [2.75, 3.05) is 5.73 Å². The number of carbonyl (C=O) groups is 1. The molecule has 0 saturated carbocycles. The molecular weight excluding hydrogens is 212 g/mol. The quantitative estimate of drug-likeness (QED) is 0.788. The summed E-state index contributed by atoms with van der Waals surface area (Å²) in [6.45, 7) is 0.485. The van der Waals surface area contributed by atoms with E-state index in [0.717, 1.165) is 5.56 Å². The van der Waals surface area contributed by atoms with E-state index >= 15 is 0 Å². The molecule has 0 bridgehead atoms. The summed E-state index contributed by atoms with van der Waals surface area (Å²) in [5, 5.41) is 2.85. The zero-order valence-electron chi connectivity index (χ0n) is 9.39. The van der Waals surface area contributed by atoms with Crippen molar-refractivity contribution in [1.82, 2.24) is 5.32 Å². The molecule has 0 radical (unpaired) electrons. The summed E-state index contributed by atoms with van der Waals surface area (Å²) in [5.41, 5.74) is 8.03. The van der Waals surface area contributed by atoms with Crippen molar-refractivity contribution in [3.63, 3.8) is 0 Å².